The van der Waals surface area contributed by atoms with Gasteiger partial charge in [0, 0.05) is 29.1 Å². The van der Waals surface area contributed by atoms with E-state index in [1.165, 1.54) is 24.5 Å². The van der Waals surface area contributed by atoms with Crippen LogP contribution in [0.3, 0.4) is 0 Å². The highest BCUT2D eigenvalue weighted by molar-refractivity contribution is 7.87. The van der Waals surface area contributed by atoms with E-state index in [2.05, 4.69) is 5.32 Å². The molecule has 1 amide bonds. The second-order valence-electron chi connectivity index (χ2n) is 9.80. The van der Waals surface area contributed by atoms with E-state index in [0.29, 0.717) is 45.1 Å². The molecule has 0 fully saturated rings. The van der Waals surface area contributed by atoms with Gasteiger partial charge in [-0.25, -0.2) is 4.79 Å². The fourth-order valence-electron chi connectivity index (χ4n) is 4.57. The Morgan fingerprint density at radius 2 is 1.82 bits per heavy atom. The van der Waals surface area contributed by atoms with Gasteiger partial charge in [-0.1, -0.05) is 13.0 Å². The summed E-state index contributed by atoms with van der Waals surface area (Å²) < 4.78 is 41.0. The fraction of sp³-hybridized carbons (Fsp3) is 0.357. The molecule has 1 N–H and O–H groups in total. The zero-order chi connectivity index (χ0) is 28.5. The first-order valence-corrected chi connectivity index (χ1v) is 14.8. The standard InChI is InChI=1S/C28H32N2O7S2/c1-7-14-39(33,34)37-18-9-10-20(23(15-18)35-6)19-11-12-22-25(30(5)27(32)28(3,4)29-22)21(19)16-36-26(31)24-13-8-17(2)38-24/h8-13,15,29H,7,14,16H2,1-6H3. The van der Waals surface area contributed by atoms with Crippen LogP contribution in [0.15, 0.2) is 42.5 Å². The lowest BCUT2D eigenvalue weighted by atomic mass is 9.92. The Labute approximate surface area is 232 Å². The SMILES string of the molecule is CCCS(=O)(=O)Oc1ccc(-c2ccc3c(c2COC(=O)c2ccc(C)s2)N(C)C(=O)C(C)(C)N3)c(OC)c1. The molecule has 1 aliphatic heterocycles. The number of benzene rings is 2. The predicted octanol–water partition coefficient (Wildman–Crippen LogP) is 5.37. The molecule has 1 aliphatic rings. The monoisotopic (exact) mass is 572 g/mol. The molecule has 0 saturated heterocycles. The minimum atomic E-state index is -3.74. The van der Waals surface area contributed by atoms with E-state index in [9.17, 15) is 18.0 Å². The minimum Gasteiger partial charge on any atom is -0.496 e. The number of esters is 1. The summed E-state index contributed by atoms with van der Waals surface area (Å²) in [6.07, 6.45) is 0.427. The van der Waals surface area contributed by atoms with E-state index in [1.807, 2.05) is 25.1 Å². The van der Waals surface area contributed by atoms with E-state index in [0.717, 1.165) is 4.88 Å². The molecular weight excluding hydrogens is 540 g/mol. The predicted molar refractivity (Wildman–Crippen MR) is 152 cm³/mol. The van der Waals surface area contributed by atoms with Crippen molar-refractivity contribution in [3.63, 3.8) is 0 Å². The van der Waals surface area contributed by atoms with Crippen molar-refractivity contribution in [1.82, 2.24) is 0 Å². The number of methoxy groups -OCH3 is 1. The van der Waals surface area contributed by atoms with Crippen molar-refractivity contribution >= 4 is 44.7 Å². The molecule has 208 valence electrons. The van der Waals surface area contributed by atoms with Crippen molar-refractivity contribution in [3.8, 4) is 22.6 Å². The molecule has 11 heteroatoms. The maximum atomic E-state index is 13.2. The molecule has 0 saturated carbocycles. The molecule has 0 spiro atoms. The Kier molecular flexibility index (Phi) is 7.94. The number of likely N-dealkylation sites (N-methyl/N-ethyl adjacent to an activating group) is 1. The number of nitrogens with one attached hydrogen (secondary N) is 1. The summed E-state index contributed by atoms with van der Waals surface area (Å²) in [6, 6.07) is 12.0. The maximum absolute atomic E-state index is 13.2. The first-order valence-electron chi connectivity index (χ1n) is 12.4. The Morgan fingerprint density at radius 1 is 1.10 bits per heavy atom. The molecule has 2 heterocycles. The van der Waals surface area contributed by atoms with Gasteiger partial charge < -0.3 is 23.9 Å². The van der Waals surface area contributed by atoms with Crippen molar-refractivity contribution < 1.29 is 31.7 Å². The van der Waals surface area contributed by atoms with Crippen LogP contribution in [0.25, 0.3) is 11.1 Å². The molecule has 39 heavy (non-hydrogen) atoms. The van der Waals surface area contributed by atoms with Gasteiger partial charge in [-0.2, -0.15) is 8.42 Å². The molecule has 0 bridgehead atoms. The van der Waals surface area contributed by atoms with E-state index < -0.39 is 21.6 Å². The number of anilines is 2. The molecule has 3 aromatic rings. The number of fused-ring (bicyclic) bond motifs is 1. The van der Waals surface area contributed by atoms with Crippen molar-refractivity contribution in [2.75, 3.05) is 30.1 Å². The van der Waals surface area contributed by atoms with Gasteiger partial charge in [0.25, 0.3) is 5.91 Å². The van der Waals surface area contributed by atoms with Crippen LogP contribution < -0.4 is 19.1 Å². The molecule has 9 nitrogen and oxygen atoms in total. The van der Waals surface area contributed by atoms with Gasteiger partial charge in [-0.05, 0) is 63.1 Å². The Morgan fingerprint density at radius 3 is 2.46 bits per heavy atom. The number of ether oxygens (including phenoxy) is 2. The van der Waals surface area contributed by atoms with Crippen molar-refractivity contribution in [2.45, 2.75) is 46.3 Å². The lowest BCUT2D eigenvalue weighted by molar-refractivity contribution is -0.121. The summed E-state index contributed by atoms with van der Waals surface area (Å²) in [7, 11) is -0.578. The van der Waals surface area contributed by atoms with Crippen LogP contribution in [-0.4, -0.2) is 45.7 Å². The smallest absolute Gasteiger partial charge is 0.348 e. The molecular formula is C28H32N2O7S2. The van der Waals surface area contributed by atoms with Crippen LogP contribution in [0.1, 0.15) is 47.3 Å². The quantitative estimate of drug-likeness (QED) is 0.269. The molecule has 0 unspecified atom stereocenters. The van der Waals surface area contributed by atoms with Crippen molar-refractivity contribution in [2.24, 2.45) is 0 Å². The Hall–Kier alpha value is -3.57. The summed E-state index contributed by atoms with van der Waals surface area (Å²) in [5, 5.41) is 3.29. The van der Waals surface area contributed by atoms with Crippen LogP contribution in [0.2, 0.25) is 0 Å². The fourth-order valence-corrected chi connectivity index (χ4v) is 6.31. The summed E-state index contributed by atoms with van der Waals surface area (Å²) in [5.41, 5.74) is 2.34. The number of rotatable bonds is 9. The van der Waals surface area contributed by atoms with Crippen molar-refractivity contribution in [3.05, 3.63) is 57.8 Å². The number of hydrogen-bond acceptors (Lipinski definition) is 9. The number of nitrogens with zero attached hydrogens (tertiary/aromatic N) is 1. The number of aryl methyl sites for hydroxylation is 1. The highest BCUT2D eigenvalue weighted by Gasteiger charge is 2.39. The van der Waals surface area contributed by atoms with Gasteiger partial charge in [0.05, 0.1) is 24.2 Å². The third kappa shape index (κ3) is 5.89. The Balaban J connectivity index is 1.81. The van der Waals surface area contributed by atoms with E-state index >= 15 is 0 Å². The summed E-state index contributed by atoms with van der Waals surface area (Å²) in [5.74, 6) is -0.236. The zero-order valence-corrected chi connectivity index (χ0v) is 24.4. The van der Waals surface area contributed by atoms with Crippen LogP contribution in [0.4, 0.5) is 11.4 Å². The second-order valence-corrected chi connectivity index (χ2v) is 12.8. The number of carbonyl (C=O) groups is 2. The molecule has 1 aromatic heterocycles. The molecule has 0 radical (unpaired) electrons. The third-order valence-corrected chi connectivity index (χ3v) is 8.67. The van der Waals surface area contributed by atoms with Crippen LogP contribution in [0, 0.1) is 6.92 Å². The van der Waals surface area contributed by atoms with Gasteiger partial charge in [-0.3, -0.25) is 4.79 Å². The van der Waals surface area contributed by atoms with Gasteiger partial charge in [0.1, 0.15) is 28.5 Å². The lowest BCUT2D eigenvalue weighted by Crippen LogP contribution is -2.52. The number of amides is 1. The molecule has 0 aliphatic carbocycles. The van der Waals surface area contributed by atoms with Gasteiger partial charge in [0.15, 0.2) is 0 Å². The summed E-state index contributed by atoms with van der Waals surface area (Å²) in [4.78, 5) is 29.1. The average molecular weight is 573 g/mol. The van der Waals surface area contributed by atoms with Gasteiger partial charge in [-0.15, -0.1) is 11.3 Å². The van der Waals surface area contributed by atoms with E-state index in [-0.39, 0.29) is 24.0 Å². The van der Waals surface area contributed by atoms with Crippen LogP contribution >= 0.6 is 11.3 Å². The Bertz CT molecular complexity index is 1530. The largest absolute Gasteiger partial charge is 0.496 e. The van der Waals surface area contributed by atoms with Gasteiger partial charge >= 0.3 is 16.1 Å². The highest BCUT2D eigenvalue weighted by atomic mass is 32.2. The molecule has 2 aromatic carbocycles. The van der Waals surface area contributed by atoms with E-state index in [4.69, 9.17) is 13.7 Å². The lowest BCUT2D eigenvalue weighted by Gasteiger charge is -2.39. The maximum Gasteiger partial charge on any atom is 0.348 e. The number of thiophene rings is 1. The summed E-state index contributed by atoms with van der Waals surface area (Å²) in [6.45, 7) is 7.16. The molecule has 0 atom stereocenters. The minimum absolute atomic E-state index is 0.106. The molecule has 4 rings (SSSR count). The average Bonchev–Trinajstić information content (AvgIpc) is 3.31. The second kappa shape index (κ2) is 10.9. The topological polar surface area (TPSA) is 111 Å². The van der Waals surface area contributed by atoms with Gasteiger partial charge in [0.2, 0.25) is 0 Å². The third-order valence-electron chi connectivity index (χ3n) is 6.33. The number of carbonyl (C=O) groups excluding carboxylic acids is 2. The normalized spacial score (nSPS) is 14.4. The highest BCUT2D eigenvalue weighted by Crippen LogP contribution is 2.45. The van der Waals surface area contributed by atoms with Crippen LogP contribution in [-0.2, 0) is 26.3 Å². The van der Waals surface area contributed by atoms with E-state index in [1.54, 1.807) is 50.9 Å². The first-order chi connectivity index (χ1) is 18.4. The number of hydrogen-bond donors (Lipinski definition) is 1. The zero-order valence-electron chi connectivity index (χ0n) is 22.8. The summed E-state index contributed by atoms with van der Waals surface area (Å²) >= 11 is 1.34. The van der Waals surface area contributed by atoms with Crippen LogP contribution in [0.5, 0.6) is 11.5 Å². The van der Waals surface area contributed by atoms with Crippen molar-refractivity contribution in [1.29, 1.82) is 0 Å². The first kappa shape index (κ1) is 28.4.